The number of benzene rings is 1. The standard InChI is InChI=1S/C26H33ClN8O2/c1-16-14-35-23(30-24(16)33-11-9-18(28)15-33)13-21(31-35)22-6-4-5-10-34(22)25(36)19-12-17(27)7-8-20(19)29-26(37)32(2)3/h7-8,12-14,18,22H,4-6,9-11,15,28H2,1-3H3,(H,29,37). The predicted molar refractivity (Wildman–Crippen MR) is 144 cm³/mol. The van der Waals surface area contributed by atoms with E-state index >= 15 is 0 Å². The number of likely N-dealkylation sites (tertiary alicyclic amines) is 1. The molecule has 0 radical (unpaired) electrons. The molecule has 2 aliphatic rings. The molecule has 0 saturated carbocycles. The van der Waals surface area contributed by atoms with E-state index in [0.717, 1.165) is 61.5 Å². The van der Waals surface area contributed by atoms with Gasteiger partial charge in [-0.15, -0.1) is 0 Å². The van der Waals surface area contributed by atoms with E-state index in [1.54, 1.807) is 36.8 Å². The van der Waals surface area contributed by atoms with Gasteiger partial charge in [-0.25, -0.2) is 14.3 Å². The number of rotatable bonds is 4. The molecule has 2 unspecified atom stereocenters. The highest BCUT2D eigenvalue weighted by molar-refractivity contribution is 6.31. The average Bonchev–Trinajstić information content (AvgIpc) is 3.49. The Morgan fingerprint density at radius 1 is 1.16 bits per heavy atom. The lowest BCUT2D eigenvalue weighted by Crippen LogP contribution is -2.39. The lowest BCUT2D eigenvalue weighted by Gasteiger charge is -2.35. The number of anilines is 2. The monoisotopic (exact) mass is 524 g/mol. The zero-order valence-electron chi connectivity index (χ0n) is 21.4. The van der Waals surface area contributed by atoms with E-state index in [9.17, 15) is 9.59 Å². The van der Waals surface area contributed by atoms with Crippen LogP contribution in [-0.4, -0.2) is 76.1 Å². The Morgan fingerprint density at radius 3 is 2.70 bits per heavy atom. The number of aromatic nitrogens is 3. The molecule has 0 bridgehead atoms. The molecule has 2 fully saturated rings. The van der Waals surface area contributed by atoms with Gasteiger partial charge >= 0.3 is 6.03 Å². The number of halogens is 1. The number of hydrogen-bond acceptors (Lipinski definition) is 6. The number of carbonyl (C=O) groups excluding carboxylic acids is 2. The zero-order chi connectivity index (χ0) is 26.3. The van der Waals surface area contributed by atoms with Gasteiger partial charge in [0.1, 0.15) is 5.82 Å². The Balaban J connectivity index is 1.47. The fourth-order valence-corrected chi connectivity index (χ4v) is 5.32. The van der Waals surface area contributed by atoms with E-state index in [4.69, 9.17) is 27.4 Å². The Hall–Kier alpha value is -3.37. The van der Waals surface area contributed by atoms with Gasteiger partial charge in [0.2, 0.25) is 0 Å². The van der Waals surface area contributed by atoms with Crippen molar-refractivity contribution in [2.45, 2.75) is 44.7 Å². The molecule has 0 aliphatic carbocycles. The minimum Gasteiger partial charge on any atom is -0.355 e. The maximum absolute atomic E-state index is 13.9. The second-order valence-electron chi connectivity index (χ2n) is 10.1. The van der Waals surface area contributed by atoms with Gasteiger partial charge in [-0.2, -0.15) is 5.10 Å². The number of piperidine rings is 1. The Labute approximate surface area is 221 Å². The molecule has 3 amide bonds. The van der Waals surface area contributed by atoms with Crippen molar-refractivity contribution in [3.63, 3.8) is 0 Å². The van der Waals surface area contributed by atoms with Crippen LogP contribution in [-0.2, 0) is 0 Å². The van der Waals surface area contributed by atoms with E-state index in [2.05, 4.69) is 10.2 Å². The average molecular weight is 525 g/mol. The number of aryl methyl sites for hydroxylation is 1. The van der Waals surface area contributed by atoms with Crippen molar-refractivity contribution in [2.75, 3.05) is 43.9 Å². The molecule has 2 aromatic heterocycles. The first-order valence-corrected chi connectivity index (χ1v) is 13.1. The van der Waals surface area contributed by atoms with E-state index in [0.29, 0.717) is 22.8 Å². The van der Waals surface area contributed by atoms with Gasteiger partial charge in [0.15, 0.2) is 5.65 Å². The summed E-state index contributed by atoms with van der Waals surface area (Å²) < 4.78 is 1.80. The van der Waals surface area contributed by atoms with Crippen molar-refractivity contribution in [3.05, 3.63) is 52.3 Å². The van der Waals surface area contributed by atoms with E-state index in [-0.39, 0.29) is 24.0 Å². The van der Waals surface area contributed by atoms with Crippen LogP contribution in [0.15, 0.2) is 30.5 Å². The fourth-order valence-electron chi connectivity index (χ4n) is 5.15. The normalized spacial score (nSPS) is 19.9. The molecule has 4 heterocycles. The highest BCUT2D eigenvalue weighted by Crippen LogP contribution is 2.34. The van der Waals surface area contributed by atoms with Crippen LogP contribution >= 0.6 is 11.6 Å². The molecule has 3 N–H and O–H groups in total. The predicted octanol–water partition coefficient (Wildman–Crippen LogP) is 3.69. The number of urea groups is 1. The first-order chi connectivity index (χ1) is 17.7. The highest BCUT2D eigenvalue weighted by Gasteiger charge is 2.32. The highest BCUT2D eigenvalue weighted by atomic mass is 35.5. The van der Waals surface area contributed by atoms with Gasteiger partial charge in [-0.3, -0.25) is 4.79 Å². The molecular formula is C26H33ClN8O2. The molecule has 2 saturated heterocycles. The fraction of sp³-hybridized carbons (Fsp3) is 0.462. The van der Waals surface area contributed by atoms with Crippen LogP contribution in [0.5, 0.6) is 0 Å². The molecule has 5 rings (SSSR count). The van der Waals surface area contributed by atoms with Crippen molar-refractivity contribution in [3.8, 4) is 0 Å². The summed E-state index contributed by atoms with van der Waals surface area (Å²) in [5, 5.41) is 8.08. The molecule has 1 aromatic carbocycles. The van der Waals surface area contributed by atoms with Crippen LogP contribution in [0.1, 0.15) is 53.3 Å². The SMILES string of the molecule is Cc1cn2nc(C3CCCCN3C(=O)c3cc(Cl)ccc3NC(=O)N(C)C)cc2nc1N1CCC(N)C1. The topological polar surface area (TPSA) is 112 Å². The summed E-state index contributed by atoms with van der Waals surface area (Å²) in [6.45, 7) is 4.31. The van der Waals surface area contributed by atoms with Crippen molar-refractivity contribution >= 4 is 40.7 Å². The Morgan fingerprint density at radius 2 is 1.97 bits per heavy atom. The van der Waals surface area contributed by atoms with Crippen LogP contribution < -0.4 is 16.0 Å². The molecule has 10 nitrogen and oxygen atoms in total. The van der Waals surface area contributed by atoms with Crippen LogP contribution in [0.25, 0.3) is 5.65 Å². The van der Waals surface area contributed by atoms with Crippen LogP contribution in [0.4, 0.5) is 16.3 Å². The van der Waals surface area contributed by atoms with Gasteiger partial charge < -0.3 is 25.8 Å². The van der Waals surface area contributed by atoms with Crippen LogP contribution in [0.3, 0.4) is 0 Å². The summed E-state index contributed by atoms with van der Waals surface area (Å²) in [5.74, 6) is 0.748. The third-order valence-corrected chi connectivity index (χ3v) is 7.35. The minimum atomic E-state index is -0.317. The largest absolute Gasteiger partial charge is 0.355 e. The van der Waals surface area contributed by atoms with Gasteiger partial charge in [-0.05, 0) is 50.8 Å². The van der Waals surface area contributed by atoms with Crippen molar-refractivity contribution in [1.82, 2.24) is 24.4 Å². The Bertz CT molecular complexity index is 1340. The number of nitrogens with one attached hydrogen (secondary N) is 1. The minimum absolute atomic E-state index is 0.165. The number of amides is 3. The second kappa shape index (κ2) is 10.2. The third kappa shape index (κ3) is 5.08. The first kappa shape index (κ1) is 25.3. The van der Waals surface area contributed by atoms with Crippen molar-refractivity contribution < 1.29 is 9.59 Å². The smallest absolute Gasteiger partial charge is 0.321 e. The van der Waals surface area contributed by atoms with Gasteiger partial charge in [0, 0.05) is 62.6 Å². The lowest BCUT2D eigenvalue weighted by molar-refractivity contribution is 0.0607. The summed E-state index contributed by atoms with van der Waals surface area (Å²) in [5.41, 5.74) is 9.49. The summed E-state index contributed by atoms with van der Waals surface area (Å²) in [7, 11) is 3.30. The summed E-state index contributed by atoms with van der Waals surface area (Å²) >= 11 is 6.27. The molecular weight excluding hydrogens is 492 g/mol. The maximum Gasteiger partial charge on any atom is 0.321 e. The molecule has 0 spiro atoms. The Kier molecular flexibility index (Phi) is 6.96. The second-order valence-corrected chi connectivity index (χ2v) is 10.6. The van der Waals surface area contributed by atoms with Gasteiger partial charge in [0.05, 0.1) is 23.0 Å². The van der Waals surface area contributed by atoms with Crippen molar-refractivity contribution in [1.29, 1.82) is 0 Å². The zero-order valence-corrected chi connectivity index (χ0v) is 22.2. The summed E-state index contributed by atoms with van der Waals surface area (Å²) in [6.07, 6.45) is 5.63. The van der Waals surface area contributed by atoms with E-state index in [1.165, 1.54) is 4.90 Å². The summed E-state index contributed by atoms with van der Waals surface area (Å²) in [6, 6.07) is 6.56. The first-order valence-electron chi connectivity index (χ1n) is 12.7. The molecule has 2 aliphatic heterocycles. The van der Waals surface area contributed by atoms with E-state index in [1.807, 2.05) is 24.1 Å². The molecule has 3 aromatic rings. The number of carbonyl (C=O) groups is 2. The third-order valence-electron chi connectivity index (χ3n) is 7.11. The molecule has 196 valence electrons. The van der Waals surface area contributed by atoms with Gasteiger partial charge in [0.25, 0.3) is 5.91 Å². The number of hydrogen-bond donors (Lipinski definition) is 2. The number of nitrogens with zero attached hydrogens (tertiary/aromatic N) is 6. The van der Waals surface area contributed by atoms with Crippen molar-refractivity contribution in [2.24, 2.45) is 5.73 Å². The molecule has 37 heavy (non-hydrogen) atoms. The molecule has 2 atom stereocenters. The quantitative estimate of drug-likeness (QED) is 0.538. The maximum atomic E-state index is 13.9. The van der Waals surface area contributed by atoms with E-state index < -0.39 is 0 Å². The molecule has 11 heteroatoms. The van der Waals surface area contributed by atoms with Gasteiger partial charge in [-0.1, -0.05) is 11.6 Å². The van der Waals surface area contributed by atoms with Crippen LogP contribution in [0.2, 0.25) is 5.02 Å². The van der Waals surface area contributed by atoms with Crippen LogP contribution in [0, 0.1) is 6.92 Å². The lowest BCUT2D eigenvalue weighted by atomic mass is 9.98. The number of nitrogens with two attached hydrogens (primary N) is 1. The number of fused-ring (bicyclic) bond motifs is 1. The summed E-state index contributed by atoms with van der Waals surface area (Å²) in [4.78, 5) is 36.6.